The average molecular weight is 280 g/mol. The van der Waals surface area contributed by atoms with Crippen molar-refractivity contribution in [2.75, 3.05) is 33.7 Å². The second-order valence-electron chi connectivity index (χ2n) is 4.92. The van der Waals surface area contributed by atoms with Crippen LogP contribution in [0.5, 0.6) is 5.75 Å². The number of carboxylic acid groups (broad SMARTS) is 1. The molecule has 1 aromatic carbocycles. The van der Waals surface area contributed by atoms with Crippen LogP contribution in [0, 0.1) is 6.92 Å². The Hall–Kier alpha value is -2.08. The molecule has 0 saturated heterocycles. The van der Waals surface area contributed by atoms with E-state index in [0.717, 1.165) is 0 Å². The van der Waals surface area contributed by atoms with Crippen LogP contribution in [-0.2, 0) is 4.79 Å². The van der Waals surface area contributed by atoms with E-state index >= 15 is 0 Å². The zero-order valence-electron chi connectivity index (χ0n) is 12.0. The number of aryl methyl sites for hydroxylation is 1. The number of aliphatic carboxylic acids is 1. The van der Waals surface area contributed by atoms with Crippen molar-refractivity contribution in [2.45, 2.75) is 6.92 Å². The smallest absolute Gasteiger partial charge is 0.323 e. The highest BCUT2D eigenvalue weighted by Gasteiger charge is 2.19. The highest BCUT2D eigenvalue weighted by molar-refractivity contribution is 5.96. The summed E-state index contributed by atoms with van der Waals surface area (Å²) < 4.78 is 0. The first-order chi connectivity index (χ1) is 9.31. The Labute approximate surface area is 118 Å². The molecule has 6 heteroatoms. The zero-order chi connectivity index (χ0) is 15.3. The number of hydrogen-bond donors (Lipinski definition) is 2. The zero-order valence-corrected chi connectivity index (χ0v) is 12.0. The number of aromatic hydroxyl groups is 1. The fraction of sp³-hybridized carbons (Fsp3) is 0.429. The SMILES string of the molecule is Cc1ccc(C(=O)N(CCN(C)C)CC(=O)O)cc1O. The van der Waals surface area contributed by atoms with E-state index in [1.54, 1.807) is 19.1 Å². The maximum absolute atomic E-state index is 12.3. The fourth-order valence-electron chi connectivity index (χ4n) is 1.66. The minimum atomic E-state index is -1.06. The summed E-state index contributed by atoms with van der Waals surface area (Å²) >= 11 is 0. The first-order valence-electron chi connectivity index (χ1n) is 6.26. The molecule has 6 nitrogen and oxygen atoms in total. The van der Waals surface area contributed by atoms with Gasteiger partial charge in [0.2, 0.25) is 0 Å². The van der Waals surface area contributed by atoms with Crippen LogP contribution in [0.4, 0.5) is 0 Å². The molecule has 0 aliphatic rings. The molecule has 0 saturated carbocycles. The summed E-state index contributed by atoms with van der Waals surface area (Å²) in [7, 11) is 3.70. The number of carbonyl (C=O) groups excluding carboxylic acids is 1. The molecule has 0 spiro atoms. The molecule has 0 aromatic heterocycles. The molecule has 1 amide bonds. The number of amides is 1. The summed E-state index contributed by atoms with van der Waals surface area (Å²) in [6, 6.07) is 4.58. The van der Waals surface area contributed by atoms with E-state index < -0.39 is 11.9 Å². The Morgan fingerprint density at radius 1 is 1.20 bits per heavy atom. The van der Waals surface area contributed by atoms with E-state index in [1.165, 1.54) is 11.0 Å². The first kappa shape index (κ1) is 16.0. The normalized spacial score (nSPS) is 10.6. The molecule has 0 aliphatic carbocycles. The maximum Gasteiger partial charge on any atom is 0.323 e. The molecular weight excluding hydrogens is 260 g/mol. The third-order valence-electron chi connectivity index (χ3n) is 2.89. The quantitative estimate of drug-likeness (QED) is 0.805. The van der Waals surface area contributed by atoms with Crippen LogP contribution in [-0.4, -0.2) is 65.6 Å². The van der Waals surface area contributed by atoms with Gasteiger partial charge in [-0.3, -0.25) is 9.59 Å². The average Bonchev–Trinajstić information content (AvgIpc) is 2.36. The molecule has 0 unspecified atom stereocenters. The van der Waals surface area contributed by atoms with E-state index in [2.05, 4.69) is 0 Å². The van der Waals surface area contributed by atoms with Gasteiger partial charge in [0.1, 0.15) is 12.3 Å². The molecule has 0 aliphatic heterocycles. The Morgan fingerprint density at radius 3 is 2.35 bits per heavy atom. The Balaban J connectivity index is 2.90. The number of nitrogens with zero attached hydrogens (tertiary/aromatic N) is 2. The standard InChI is InChI=1S/C14H20N2O4/c1-10-4-5-11(8-12(10)17)14(20)16(9-13(18)19)7-6-15(2)3/h4-5,8,17H,6-7,9H2,1-3H3,(H,18,19). The number of benzene rings is 1. The lowest BCUT2D eigenvalue weighted by Crippen LogP contribution is -2.40. The summed E-state index contributed by atoms with van der Waals surface area (Å²) in [5.41, 5.74) is 0.952. The van der Waals surface area contributed by atoms with Gasteiger partial charge in [-0.15, -0.1) is 0 Å². The Bertz CT molecular complexity index is 500. The van der Waals surface area contributed by atoms with Crippen LogP contribution < -0.4 is 0 Å². The van der Waals surface area contributed by atoms with Crippen molar-refractivity contribution in [3.05, 3.63) is 29.3 Å². The number of carbonyl (C=O) groups is 2. The van der Waals surface area contributed by atoms with Crippen molar-refractivity contribution >= 4 is 11.9 Å². The van der Waals surface area contributed by atoms with E-state index in [0.29, 0.717) is 18.7 Å². The van der Waals surface area contributed by atoms with Crippen LogP contribution in [0.25, 0.3) is 0 Å². The Kier molecular flexibility index (Phi) is 5.52. The third kappa shape index (κ3) is 4.55. The summed E-state index contributed by atoms with van der Waals surface area (Å²) in [5.74, 6) is -1.43. The first-order valence-corrected chi connectivity index (χ1v) is 6.26. The monoisotopic (exact) mass is 280 g/mol. The van der Waals surface area contributed by atoms with E-state index in [9.17, 15) is 14.7 Å². The van der Waals surface area contributed by atoms with E-state index in [-0.39, 0.29) is 17.9 Å². The molecule has 0 radical (unpaired) electrons. The molecular formula is C14H20N2O4. The fourth-order valence-corrected chi connectivity index (χ4v) is 1.66. The molecule has 0 bridgehead atoms. The molecule has 0 atom stereocenters. The lowest BCUT2D eigenvalue weighted by Gasteiger charge is -2.23. The molecule has 0 fully saturated rings. The van der Waals surface area contributed by atoms with Gasteiger partial charge in [-0.1, -0.05) is 6.07 Å². The predicted molar refractivity (Wildman–Crippen MR) is 74.9 cm³/mol. The van der Waals surface area contributed by atoms with Crippen molar-refractivity contribution in [1.29, 1.82) is 0 Å². The summed E-state index contributed by atoms with van der Waals surface area (Å²) in [5, 5.41) is 18.5. The maximum atomic E-state index is 12.3. The van der Waals surface area contributed by atoms with Crippen LogP contribution in [0.2, 0.25) is 0 Å². The van der Waals surface area contributed by atoms with Gasteiger partial charge in [0.25, 0.3) is 5.91 Å². The Morgan fingerprint density at radius 2 is 1.85 bits per heavy atom. The summed E-state index contributed by atoms with van der Waals surface area (Å²) in [4.78, 5) is 26.3. The lowest BCUT2D eigenvalue weighted by atomic mass is 10.1. The van der Waals surface area contributed by atoms with Crippen molar-refractivity contribution in [2.24, 2.45) is 0 Å². The van der Waals surface area contributed by atoms with E-state index in [1.807, 2.05) is 19.0 Å². The number of carboxylic acids is 1. The second-order valence-corrected chi connectivity index (χ2v) is 4.92. The van der Waals surface area contributed by atoms with Crippen LogP contribution in [0.15, 0.2) is 18.2 Å². The second kappa shape index (κ2) is 6.91. The van der Waals surface area contributed by atoms with Gasteiger partial charge in [-0.05, 0) is 38.7 Å². The number of hydrogen-bond acceptors (Lipinski definition) is 4. The number of phenols is 1. The van der Waals surface area contributed by atoms with Gasteiger partial charge in [-0.25, -0.2) is 0 Å². The molecule has 1 rings (SSSR count). The number of phenolic OH excluding ortho intramolecular Hbond substituents is 1. The van der Waals surface area contributed by atoms with Gasteiger partial charge >= 0.3 is 5.97 Å². The van der Waals surface area contributed by atoms with Crippen molar-refractivity contribution in [3.63, 3.8) is 0 Å². The highest BCUT2D eigenvalue weighted by atomic mass is 16.4. The van der Waals surface area contributed by atoms with Gasteiger partial charge in [-0.2, -0.15) is 0 Å². The van der Waals surface area contributed by atoms with Crippen molar-refractivity contribution in [3.8, 4) is 5.75 Å². The lowest BCUT2D eigenvalue weighted by molar-refractivity contribution is -0.137. The number of likely N-dealkylation sites (N-methyl/N-ethyl adjacent to an activating group) is 1. The molecule has 1 aromatic rings. The van der Waals surface area contributed by atoms with Crippen LogP contribution in [0.3, 0.4) is 0 Å². The summed E-state index contributed by atoms with van der Waals surface area (Å²) in [6.45, 7) is 2.25. The van der Waals surface area contributed by atoms with Crippen LogP contribution >= 0.6 is 0 Å². The minimum Gasteiger partial charge on any atom is -0.508 e. The molecule has 110 valence electrons. The van der Waals surface area contributed by atoms with Crippen molar-refractivity contribution < 1.29 is 19.8 Å². The number of rotatable bonds is 6. The van der Waals surface area contributed by atoms with Gasteiger partial charge in [0, 0.05) is 18.7 Å². The molecule has 20 heavy (non-hydrogen) atoms. The minimum absolute atomic E-state index is 0.0266. The molecule has 2 N–H and O–H groups in total. The predicted octanol–water partition coefficient (Wildman–Crippen LogP) is 0.789. The summed E-state index contributed by atoms with van der Waals surface area (Å²) in [6.07, 6.45) is 0. The van der Waals surface area contributed by atoms with Gasteiger partial charge < -0.3 is 20.0 Å². The largest absolute Gasteiger partial charge is 0.508 e. The van der Waals surface area contributed by atoms with E-state index in [4.69, 9.17) is 5.11 Å². The van der Waals surface area contributed by atoms with Crippen molar-refractivity contribution in [1.82, 2.24) is 9.80 Å². The van der Waals surface area contributed by atoms with Gasteiger partial charge in [0.05, 0.1) is 0 Å². The highest BCUT2D eigenvalue weighted by Crippen LogP contribution is 2.18. The molecule has 0 heterocycles. The third-order valence-corrected chi connectivity index (χ3v) is 2.89. The van der Waals surface area contributed by atoms with Gasteiger partial charge in [0.15, 0.2) is 0 Å². The van der Waals surface area contributed by atoms with Crippen LogP contribution in [0.1, 0.15) is 15.9 Å². The topological polar surface area (TPSA) is 81.1 Å².